The quantitative estimate of drug-likeness (QED) is 0.282. The van der Waals surface area contributed by atoms with Gasteiger partial charge in [0.15, 0.2) is 5.82 Å². The number of hydrogen-bond donors (Lipinski definition) is 2. The largest absolute Gasteiger partial charge is 0.481 e. The highest BCUT2D eigenvalue weighted by Gasteiger charge is 2.21. The van der Waals surface area contributed by atoms with Crippen molar-refractivity contribution < 1.29 is 19.5 Å². The number of allylic oxidation sites excluding steroid dienone is 2. The van der Waals surface area contributed by atoms with Crippen LogP contribution in [0.3, 0.4) is 0 Å². The van der Waals surface area contributed by atoms with E-state index in [9.17, 15) is 14.4 Å². The number of carbonyl (C=O) groups is 3. The van der Waals surface area contributed by atoms with E-state index in [-0.39, 0.29) is 24.3 Å². The number of carboxylic acids is 1. The van der Waals surface area contributed by atoms with Crippen molar-refractivity contribution in [2.24, 2.45) is 10.9 Å². The molecule has 2 heterocycles. The van der Waals surface area contributed by atoms with E-state index < -0.39 is 17.8 Å². The molecule has 1 aliphatic carbocycles. The zero-order chi connectivity index (χ0) is 29.4. The van der Waals surface area contributed by atoms with Gasteiger partial charge in [-0.2, -0.15) is 0 Å². The van der Waals surface area contributed by atoms with Crippen molar-refractivity contribution >= 4 is 40.9 Å². The molecule has 4 rings (SSSR count). The molecule has 0 saturated heterocycles. The van der Waals surface area contributed by atoms with E-state index in [1.54, 1.807) is 6.07 Å². The molecule has 41 heavy (non-hydrogen) atoms. The average molecular weight is 573 g/mol. The lowest BCUT2D eigenvalue weighted by Gasteiger charge is -2.15. The molecule has 1 unspecified atom stereocenters. The van der Waals surface area contributed by atoms with Gasteiger partial charge in [0.25, 0.3) is 5.91 Å². The van der Waals surface area contributed by atoms with Gasteiger partial charge in [-0.1, -0.05) is 51.1 Å². The van der Waals surface area contributed by atoms with Crippen molar-refractivity contribution in [3.05, 3.63) is 75.7 Å². The minimum Gasteiger partial charge on any atom is -0.481 e. The molecule has 1 aromatic carbocycles. The van der Waals surface area contributed by atoms with Gasteiger partial charge < -0.3 is 10.4 Å². The van der Waals surface area contributed by atoms with E-state index >= 15 is 0 Å². The highest BCUT2D eigenvalue weighted by Crippen LogP contribution is 2.30. The second kappa shape index (κ2) is 13.6. The molecule has 0 spiro atoms. The van der Waals surface area contributed by atoms with Gasteiger partial charge >= 0.3 is 5.97 Å². The number of aromatic nitrogens is 2. The molecule has 0 bridgehead atoms. The van der Waals surface area contributed by atoms with Crippen LogP contribution in [0.25, 0.3) is 17.0 Å². The molecule has 0 fully saturated rings. The maximum absolute atomic E-state index is 12.9. The monoisotopic (exact) mass is 572 g/mol. The molecule has 2 amide bonds. The lowest BCUT2D eigenvalue weighted by atomic mass is 9.95. The number of thiophene rings is 1. The lowest BCUT2D eigenvalue weighted by Crippen LogP contribution is -2.34. The Kier molecular flexibility index (Phi) is 9.94. The number of aliphatic imine (C=N–C) groups is 1. The zero-order valence-corrected chi connectivity index (χ0v) is 24.5. The Morgan fingerprint density at radius 3 is 2.39 bits per heavy atom. The van der Waals surface area contributed by atoms with Crippen LogP contribution < -0.4 is 5.32 Å². The fourth-order valence-electron chi connectivity index (χ4n) is 4.50. The molecule has 2 aromatic heterocycles. The van der Waals surface area contributed by atoms with Crippen LogP contribution in [0.1, 0.15) is 78.6 Å². The van der Waals surface area contributed by atoms with E-state index in [4.69, 9.17) is 5.11 Å². The van der Waals surface area contributed by atoms with Crippen LogP contribution in [0.4, 0.5) is 0 Å². The van der Waals surface area contributed by atoms with Crippen LogP contribution in [0.2, 0.25) is 0 Å². The Bertz CT molecular complexity index is 1430. The van der Waals surface area contributed by atoms with Gasteiger partial charge in [-0.15, -0.1) is 11.3 Å². The van der Waals surface area contributed by atoms with Crippen molar-refractivity contribution in [2.75, 3.05) is 6.54 Å². The molecule has 3 aromatic rings. The Morgan fingerprint density at radius 1 is 1.05 bits per heavy atom. The van der Waals surface area contributed by atoms with Gasteiger partial charge in [0.05, 0.1) is 17.2 Å². The van der Waals surface area contributed by atoms with Crippen LogP contribution in [0.5, 0.6) is 0 Å². The number of rotatable bonds is 10. The predicted molar refractivity (Wildman–Crippen MR) is 162 cm³/mol. The van der Waals surface area contributed by atoms with Gasteiger partial charge in [0.2, 0.25) is 5.91 Å². The second-order valence-electron chi connectivity index (χ2n) is 11.2. The molecule has 8 nitrogen and oxygen atoms in total. The Labute approximate surface area is 244 Å². The van der Waals surface area contributed by atoms with Gasteiger partial charge in [0, 0.05) is 41.2 Å². The minimum absolute atomic E-state index is 0.00447. The topological polar surface area (TPSA) is 122 Å². The lowest BCUT2D eigenvalue weighted by molar-refractivity contribution is -0.137. The van der Waals surface area contributed by atoms with E-state index in [1.807, 2.05) is 42.7 Å². The molecule has 0 saturated carbocycles. The van der Waals surface area contributed by atoms with Crippen LogP contribution in [-0.4, -0.2) is 45.6 Å². The van der Waals surface area contributed by atoms with E-state index in [2.05, 4.69) is 47.1 Å². The molecule has 0 aliphatic heterocycles. The summed E-state index contributed by atoms with van der Waals surface area (Å²) in [4.78, 5) is 51.4. The minimum atomic E-state index is -1.00. The molecular formula is C32H36N4O4S. The summed E-state index contributed by atoms with van der Waals surface area (Å²) >= 11 is 1.39. The number of nitrogens with zero attached hydrogens (tertiary/aromatic N) is 3. The van der Waals surface area contributed by atoms with Crippen LogP contribution in [-0.2, 0) is 21.4 Å². The molecule has 214 valence electrons. The van der Waals surface area contributed by atoms with Crippen molar-refractivity contribution in [1.29, 1.82) is 0 Å². The summed E-state index contributed by atoms with van der Waals surface area (Å²) < 4.78 is 0. The highest BCUT2D eigenvalue weighted by atomic mass is 32.1. The fourth-order valence-corrected chi connectivity index (χ4v) is 5.46. The maximum Gasteiger partial charge on any atom is 0.305 e. The molecule has 9 heteroatoms. The van der Waals surface area contributed by atoms with E-state index in [1.165, 1.54) is 36.0 Å². The normalized spacial score (nSPS) is 14.5. The average Bonchev–Trinajstić information content (AvgIpc) is 3.47. The number of amides is 2. The van der Waals surface area contributed by atoms with Gasteiger partial charge in [-0.3, -0.25) is 14.4 Å². The smallest absolute Gasteiger partial charge is 0.305 e. The number of hydrogen-bond acceptors (Lipinski definition) is 6. The third-order valence-corrected chi connectivity index (χ3v) is 8.38. The summed E-state index contributed by atoms with van der Waals surface area (Å²) in [5, 5.41) is 11.6. The molecule has 0 radical (unpaired) electrons. The summed E-state index contributed by atoms with van der Waals surface area (Å²) in [5.41, 5.74) is 4.01. The summed E-state index contributed by atoms with van der Waals surface area (Å²) in [6, 6.07) is 11.3. The van der Waals surface area contributed by atoms with Gasteiger partial charge in [0.1, 0.15) is 0 Å². The van der Waals surface area contributed by atoms with Crippen LogP contribution in [0.15, 0.2) is 59.9 Å². The Morgan fingerprint density at radius 2 is 1.78 bits per heavy atom. The SMILES string of the molecule is CC(C)(C)c1ccc(C(=O)N=CC(Cc2ccc(-c3ncc(C4=CCCCC4)cn3)cc2)C(=O)NCCC(=O)O)s1. The Balaban J connectivity index is 1.46. The zero-order valence-electron chi connectivity index (χ0n) is 23.7. The third kappa shape index (κ3) is 8.50. The summed E-state index contributed by atoms with van der Waals surface area (Å²) in [6.07, 6.45) is 12.1. The number of benzene rings is 1. The maximum atomic E-state index is 12.9. The van der Waals surface area contributed by atoms with Crippen molar-refractivity contribution in [3.8, 4) is 11.4 Å². The van der Waals surface area contributed by atoms with Gasteiger partial charge in [-0.05, 0) is 60.8 Å². The number of carbonyl (C=O) groups excluding carboxylic acids is 2. The first kappa shape index (κ1) is 30.0. The molecule has 2 N–H and O–H groups in total. The summed E-state index contributed by atoms with van der Waals surface area (Å²) in [7, 11) is 0. The van der Waals surface area contributed by atoms with Crippen LogP contribution in [0, 0.1) is 5.92 Å². The number of carboxylic acid groups (broad SMARTS) is 1. The van der Waals surface area contributed by atoms with Crippen molar-refractivity contribution in [1.82, 2.24) is 15.3 Å². The van der Waals surface area contributed by atoms with E-state index in [0.29, 0.717) is 17.1 Å². The number of aliphatic carboxylic acids is 1. The first-order valence-electron chi connectivity index (χ1n) is 13.9. The summed E-state index contributed by atoms with van der Waals surface area (Å²) in [5.74, 6) is -1.92. The third-order valence-electron chi connectivity index (χ3n) is 6.88. The first-order chi connectivity index (χ1) is 19.6. The van der Waals surface area contributed by atoms with E-state index in [0.717, 1.165) is 34.4 Å². The standard InChI is InChI=1S/C32H36N4O4S/c1-32(2,3)27-14-13-26(41-27)31(40)36-18-24(30(39)33-16-15-28(37)38)17-21-9-11-23(12-10-21)29-34-19-25(20-35-29)22-7-5-4-6-8-22/h7,9-14,18-20,24H,4-6,8,15-17H2,1-3H3,(H,33,39)(H,37,38). The number of nitrogens with one attached hydrogen (secondary N) is 1. The van der Waals surface area contributed by atoms with Crippen molar-refractivity contribution in [3.63, 3.8) is 0 Å². The Hall–Kier alpha value is -3.98. The van der Waals surface area contributed by atoms with Gasteiger partial charge in [-0.25, -0.2) is 15.0 Å². The van der Waals surface area contributed by atoms with Crippen molar-refractivity contribution in [2.45, 2.75) is 64.7 Å². The first-order valence-corrected chi connectivity index (χ1v) is 14.7. The molecule has 1 atom stereocenters. The molecular weight excluding hydrogens is 536 g/mol. The summed E-state index contributed by atoms with van der Waals surface area (Å²) in [6.45, 7) is 6.23. The fraction of sp³-hybridized carbons (Fsp3) is 0.375. The molecule has 1 aliphatic rings. The predicted octanol–water partition coefficient (Wildman–Crippen LogP) is 6.12. The second-order valence-corrected chi connectivity index (χ2v) is 12.3. The highest BCUT2D eigenvalue weighted by molar-refractivity contribution is 7.14. The van der Waals surface area contributed by atoms with Crippen LogP contribution >= 0.6 is 11.3 Å².